The Morgan fingerprint density at radius 1 is 1.41 bits per heavy atom. The monoisotopic (exact) mass is 252 g/mol. The quantitative estimate of drug-likeness (QED) is 0.461. The first-order chi connectivity index (χ1) is 7.84. The molecule has 0 bridgehead atoms. The fraction of sp³-hybridized carbons (Fsp3) is 0.100. The van der Waals surface area contributed by atoms with Crippen LogP contribution in [0.2, 0.25) is 0 Å². The van der Waals surface area contributed by atoms with Crippen LogP contribution in [0.25, 0.3) is 6.08 Å². The molecule has 0 aliphatic carbocycles. The topological polar surface area (TPSA) is 101 Å². The highest BCUT2D eigenvalue weighted by atomic mass is 32.2. The van der Waals surface area contributed by atoms with E-state index < -0.39 is 14.8 Å². The fourth-order valence-corrected chi connectivity index (χ4v) is 1.58. The van der Waals surface area contributed by atoms with Gasteiger partial charge < -0.3 is 0 Å². The van der Waals surface area contributed by atoms with E-state index in [0.29, 0.717) is 5.56 Å². The van der Waals surface area contributed by atoms with Gasteiger partial charge in [-0.2, -0.15) is 5.26 Å². The first kappa shape index (κ1) is 12.9. The molecule has 0 aliphatic rings. The molecule has 0 aromatic heterocycles. The Morgan fingerprint density at radius 2 is 1.94 bits per heavy atom. The molecular formula is C10H8N2O4S. The molecule has 0 amide bonds. The SMILES string of the molecule is CS(=O)(=O)C(C#N)=Cc1ccc([N+](=O)[O-])cc1. The number of nitrogens with zero attached hydrogens (tertiary/aromatic N) is 2. The van der Waals surface area contributed by atoms with Gasteiger partial charge in [0, 0.05) is 18.4 Å². The lowest BCUT2D eigenvalue weighted by Crippen LogP contribution is -1.98. The predicted molar refractivity (Wildman–Crippen MR) is 61.5 cm³/mol. The van der Waals surface area contributed by atoms with Crippen molar-refractivity contribution in [2.45, 2.75) is 0 Å². The van der Waals surface area contributed by atoms with E-state index in [-0.39, 0.29) is 10.6 Å². The molecule has 0 radical (unpaired) electrons. The molecule has 7 heteroatoms. The van der Waals surface area contributed by atoms with Gasteiger partial charge in [-0.25, -0.2) is 8.42 Å². The van der Waals surface area contributed by atoms with Crippen LogP contribution >= 0.6 is 0 Å². The minimum absolute atomic E-state index is 0.0972. The van der Waals surface area contributed by atoms with Gasteiger partial charge in [0.15, 0.2) is 9.84 Å². The lowest BCUT2D eigenvalue weighted by Gasteiger charge is -1.96. The third-order valence-corrected chi connectivity index (χ3v) is 2.92. The van der Waals surface area contributed by atoms with E-state index in [1.165, 1.54) is 30.3 Å². The third-order valence-electron chi connectivity index (χ3n) is 1.91. The summed E-state index contributed by atoms with van der Waals surface area (Å²) in [4.78, 5) is 9.45. The number of nitro groups is 1. The van der Waals surface area contributed by atoms with Gasteiger partial charge in [0.25, 0.3) is 5.69 Å². The Hall–Kier alpha value is -2.20. The second kappa shape index (κ2) is 4.76. The van der Waals surface area contributed by atoms with Crippen LogP contribution in [0.3, 0.4) is 0 Å². The van der Waals surface area contributed by atoms with E-state index in [9.17, 15) is 18.5 Å². The Kier molecular flexibility index (Phi) is 3.60. The maximum absolute atomic E-state index is 11.1. The van der Waals surface area contributed by atoms with Gasteiger partial charge in [0.1, 0.15) is 11.0 Å². The average Bonchev–Trinajstić information content (AvgIpc) is 2.24. The smallest absolute Gasteiger partial charge is 0.258 e. The minimum atomic E-state index is -3.57. The molecule has 17 heavy (non-hydrogen) atoms. The lowest BCUT2D eigenvalue weighted by atomic mass is 10.2. The number of nitro benzene ring substituents is 1. The number of rotatable bonds is 3. The fourth-order valence-electron chi connectivity index (χ4n) is 1.07. The van der Waals surface area contributed by atoms with Gasteiger partial charge in [-0.3, -0.25) is 10.1 Å². The number of non-ortho nitro benzene ring substituents is 1. The van der Waals surface area contributed by atoms with Crippen molar-refractivity contribution in [1.82, 2.24) is 0 Å². The van der Waals surface area contributed by atoms with E-state index in [4.69, 9.17) is 5.26 Å². The minimum Gasteiger partial charge on any atom is -0.258 e. The number of benzene rings is 1. The van der Waals surface area contributed by atoms with Crippen LogP contribution in [0, 0.1) is 21.4 Å². The first-order valence-electron chi connectivity index (χ1n) is 4.41. The summed E-state index contributed by atoms with van der Waals surface area (Å²) in [6, 6.07) is 6.80. The molecule has 0 spiro atoms. The summed E-state index contributed by atoms with van der Waals surface area (Å²) in [5, 5.41) is 19.1. The molecule has 0 N–H and O–H groups in total. The van der Waals surface area contributed by atoms with Crippen LogP contribution in [-0.4, -0.2) is 19.6 Å². The number of nitriles is 1. The van der Waals surface area contributed by atoms with Gasteiger partial charge in [-0.15, -0.1) is 0 Å². The standard InChI is InChI=1S/C10H8N2O4S/c1-17(15,16)10(7-11)6-8-2-4-9(5-3-8)12(13)14/h2-6H,1H3. The Labute approximate surface area is 97.9 Å². The van der Waals surface area contributed by atoms with Crippen LogP contribution in [0.15, 0.2) is 29.2 Å². The van der Waals surface area contributed by atoms with Crippen molar-refractivity contribution in [3.63, 3.8) is 0 Å². The molecule has 1 aromatic rings. The van der Waals surface area contributed by atoms with Crippen LogP contribution in [0.5, 0.6) is 0 Å². The zero-order valence-corrected chi connectivity index (χ0v) is 9.64. The maximum atomic E-state index is 11.1. The van der Waals surface area contributed by atoms with Gasteiger partial charge in [0.05, 0.1) is 4.92 Å². The van der Waals surface area contributed by atoms with Crippen LogP contribution in [0.4, 0.5) is 5.69 Å². The number of hydrogen-bond donors (Lipinski definition) is 0. The summed E-state index contributed by atoms with van der Waals surface area (Å²) in [5.74, 6) is 0. The van der Waals surface area contributed by atoms with E-state index in [0.717, 1.165) is 6.26 Å². The zero-order valence-electron chi connectivity index (χ0n) is 8.82. The van der Waals surface area contributed by atoms with Gasteiger partial charge >= 0.3 is 0 Å². The maximum Gasteiger partial charge on any atom is 0.269 e. The van der Waals surface area contributed by atoms with E-state index in [2.05, 4.69) is 0 Å². The van der Waals surface area contributed by atoms with Crippen molar-refractivity contribution in [1.29, 1.82) is 5.26 Å². The summed E-state index contributed by atoms with van der Waals surface area (Å²) in [7, 11) is -3.57. The molecule has 0 aliphatic heterocycles. The number of hydrogen-bond acceptors (Lipinski definition) is 5. The third kappa shape index (κ3) is 3.39. The lowest BCUT2D eigenvalue weighted by molar-refractivity contribution is -0.384. The van der Waals surface area contributed by atoms with Crippen molar-refractivity contribution in [2.75, 3.05) is 6.26 Å². The molecule has 0 unspecified atom stereocenters. The van der Waals surface area contributed by atoms with Crippen molar-refractivity contribution in [3.05, 3.63) is 44.8 Å². The number of sulfone groups is 1. The summed E-state index contributed by atoms with van der Waals surface area (Å²) in [6.45, 7) is 0. The normalized spacial score (nSPS) is 11.9. The van der Waals surface area contributed by atoms with Gasteiger partial charge in [0.2, 0.25) is 0 Å². The van der Waals surface area contributed by atoms with Crippen LogP contribution in [0.1, 0.15) is 5.56 Å². The Bertz CT molecular complexity index is 609. The summed E-state index contributed by atoms with van der Waals surface area (Å²) in [6.07, 6.45) is 2.09. The largest absolute Gasteiger partial charge is 0.269 e. The van der Waals surface area contributed by atoms with Crippen molar-refractivity contribution in [3.8, 4) is 6.07 Å². The summed E-state index contributed by atoms with van der Waals surface area (Å²) >= 11 is 0. The van der Waals surface area contributed by atoms with Crippen molar-refractivity contribution < 1.29 is 13.3 Å². The predicted octanol–water partition coefficient (Wildman–Crippen LogP) is 1.50. The molecule has 88 valence electrons. The number of allylic oxidation sites excluding steroid dienone is 1. The summed E-state index contributed by atoms with van der Waals surface area (Å²) < 4.78 is 22.3. The molecule has 0 saturated heterocycles. The molecule has 0 heterocycles. The molecular weight excluding hydrogens is 244 g/mol. The highest BCUT2D eigenvalue weighted by Crippen LogP contribution is 2.15. The highest BCUT2D eigenvalue weighted by Gasteiger charge is 2.10. The van der Waals surface area contributed by atoms with Gasteiger partial charge in [-0.05, 0) is 23.8 Å². The summed E-state index contributed by atoms with van der Waals surface area (Å²) in [5.41, 5.74) is 0.317. The Morgan fingerprint density at radius 3 is 2.29 bits per heavy atom. The van der Waals surface area contributed by atoms with E-state index >= 15 is 0 Å². The van der Waals surface area contributed by atoms with Crippen LogP contribution in [-0.2, 0) is 9.84 Å². The van der Waals surface area contributed by atoms with Crippen LogP contribution < -0.4 is 0 Å². The highest BCUT2D eigenvalue weighted by molar-refractivity contribution is 7.95. The second-order valence-corrected chi connectivity index (χ2v) is 5.23. The molecule has 0 fully saturated rings. The molecule has 1 aromatic carbocycles. The van der Waals surface area contributed by atoms with E-state index in [1.54, 1.807) is 6.07 Å². The second-order valence-electron chi connectivity index (χ2n) is 3.24. The molecule has 1 rings (SSSR count). The average molecular weight is 252 g/mol. The Balaban J connectivity index is 3.16. The van der Waals surface area contributed by atoms with E-state index in [1.807, 2.05) is 0 Å². The van der Waals surface area contributed by atoms with Crippen molar-refractivity contribution in [2.24, 2.45) is 0 Å². The molecule has 0 saturated carbocycles. The zero-order chi connectivity index (χ0) is 13.1. The van der Waals surface area contributed by atoms with Gasteiger partial charge in [-0.1, -0.05) is 0 Å². The van der Waals surface area contributed by atoms with Crippen molar-refractivity contribution >= 4 is 21.6 Å². The molecule has 6 nitrogen and oxygen atoms in total. The molecule has 0 atom stereocenters. The first-order valence-corrected chi connectivity index (χ1v) is 6.30.